The molecule has 0 aromatic heterocycles. The first-order valence-electron chi connectivity index (χ1n) is 4.29. The van der Waals surface area contributed by atoms with Crippen molar-refractivity contribution in [1.82, 2.24) is 5.32 Å². The molecule has 0 aliphatic heterocycles. The summed E-state index contributed by atoms with van der Waals surface area (Å²) in [4.78, 5) is 11.2. The number of hydrogen-bond acceptors (Lipinski definition) is 1. The number of carbonyl (C=O) groups excluding carboxylic acids is 1. The second-order valence-corrected chi connectivity index (χ2v) is 3.22. The zero-order valence-corrected chi connectivity index (χ0v) is 8.35. The third kappa shape index (κ3) is 3.75. The monoisotopic (exact) mass is 215 g/mol. The molecule has 0 unspecified atom stereocenters. The number of amides is 1. The van der Waals surface area contributed by atoms with Crippen LogP contribution in [0.1, 0.15) is 5.56 Å². The summed E-state index contributed by atoms with van der Waals surface area (Å²) in [5, 5.41) is 2.63. The first kappa shape index (κ1) is 11.0. The van der Waals surface area contributed by atoms with Crippen LogP contribution in [0.3, 0.4) is 0 Å². The van der Waals surface area contributed by atoms with Crippen molar-refractivity contribution in [2.45, 2.75) is 6.42 Å². The summed E-state index contributed by atoms with van der Waals surface area (Å²) in [7, 11) is 0. The molecule has 0 radical (unpaired) electrons. The average molecular weight is 216 g/mol. The zero-order chi connectivity index (χ0) is 10.4. The average Bonchev–Trinajstić information content (AvgIpc) is 2.18. The minimum absolute atomic E-state index is 0.0998. The minimum atomic E-state index is -0.296. The predicted molar refractivity (Wildman–Crippen MR) is 53.8 cm³/mol. The maximum Gasteiger partial charge on any atom is 0.224 e. The number of halogens is 2. The fraction of sp³-hybridized carbons (Fsp3) is 0.300. The molecule has 0 fully saturated rings. The van der Waals surface area contributed by atoms with E-state index < -0.39 is 0 Å². The molecule has 0 heterocycles. The molecule has 1 N–H and O–H groups in total. The van der Waals surface area contributed by atoms with Crippen LogP contribution in [0.5, 0.6) is 0 Å². The van der Waals surface area contributed by atoms with Crippen molar-refractivity contribution >= 4 is 17.5 Å². The van der Waals surface area contributed by atoms with Crippen molar-refractivity contribution in [1.29, 1.82) is 0 Å². The number of benzene rings is 1. The first-order valence-corrected chi connectivity index (χ1v) is 4.83. The number of nitrogens with one attached hydrogen (secondary N) is 1. The van der Waals surface area contributed by atoms with E-state index in [-0.39, 0.29) is 18.1 Å². The Balaban J connectivity index is 2.44. The standard InChI is InChI=1S/C10H11ClFNO/c11-5-6-13-10(14)7-8-1-3-9(12)4-2-8/h1-4H,5-7H2,(H,13,14). The summed E-state index contributed by atoms with van der Waals surface area (Å²) in [5.41, 5.74) is 0.790. The highest BCUT2D eigenvalue weighted by Crippen LogP contribution is 2.03. The lowest BCUT2D eigenvalue weighted by molar-refractivity contribution is -0.120. The van der Waals surface area contributed by atoms with Gasteiger partial charge in [-0.25, -0.2) is 4.39 Å². The van der Waals surface area contributed by atoms with Crippen LogP contribution < -0.4 is 5.32 Å². The topological polar surface area (TPSA) is 29.1 Å². The van der Waals surface area contributed by atoms with Crippen LogP contribution in [-0.4, -0.2) is 18.3 Å². The second kappa shape index (κ2) is 5.60. The van der Waals surface area contributed by atoms with Gasteiger partial charge in [0.1, 0.15) is 5.82 Å². The smallest absolute Gasteiger partial charge is 0.224 e. The molecule has 1 amide bonds. The molecule has 1 rings (SSSR count). The number of alkyl halides is 1. The van der Waals surface area contributed by atoms with Gasteiger partial charge in [-0.2, -0.15) is 0 Å². The van der Waals surface area contributed by atoms with Crippen molar-refractivity contribution in [2.75, 3.05) is 12.4 Å². The van der Waals surface area contributed by atoms with Gasteiger partial charge in [0.15, 0.2) is 0 Å². The van der Waals surface area contributed by atoms with Crippen LogP contribution in [0, 0.1) is 5.82 Å². The Hall–Kier alpha value is -1.09. The van der Waals surface area contributed by atoms with Crippen LogP contribution in [0.4, 0.5) is 4.39 Å². The van der Waals surface area contributed by atoms with Crippen LogP contribution in [0.25, 0.3) is 0 Å². The Bertz CT molecular complexity index is 299. The molecular weight excluding hydrogens is 205 g/mol. The van der Waals surface area contributed by atoms with Gasteiger partial charge in [0, 0.05) is 12.4 Å². The van der Waals surface area contributed by atoms with Crippen molar-refractivity contribution in [2.24, 2.45) is 0 Å². The van der Waals surface area contributed by atoms with Gasteiger partial charge in [-0.3, -0.25) is 4.79 Å². The molecule has 4 heteroatoms. The fourth-order valence-electron chi connectivity index (χ4n) is 1.04. The van der Waals surface area contributed by atoms with E-state index in [0.717, 1.165) is 5.56 Å². The summed E-state index contributed by atoms with van der Waals surface area (Å²) in [6.07, 6.45) is 0.261. The largest absolute Gasteiger partial charge is 0.355 e. The summed E-state index contributed by atoms with van der Waals surface area (Å²) >= 11 is 5.41. The highest BCUT2D eigenvalue weighted by molar-refractivity contribution is 6.18. The molecule has 0 saturated carbocycles. The third-order valence-corrected chi connectivity index (χ3v) is 1.88. The Morgan fingerprint density at radius 2 is 2.00 bits per heavy atom. The maximum atomic E-state index is 12.5. The molecular formula is C10H11ClFNO. The summed E-state index contributed by atoms with van der Waals surface area (Å²) in [5.74, 6) is 0.00184. The van der Waals surface area contributed by atoms with E-state index >= 15 is 0 Å². The van der Waals surface area contributed by atoms with Gasteiger partial charge in [-0.05, 0) is 17.7 Å². The molecule has 0 bridgehead atoms. The Kier molecular flexibility index (Phi) is 4.40. The summed E-state index contributed by atoms with van der Waals surface area (Å²) < 4.78 is 12.5. The van der Waals surface area contributed by atoms with Crippen molar-refractivity contribution in [3.8, 4) is 0 Å². The highest BCUT2D eigenvalue weighted by Gasteiger charge is 2.01. The molecule has 1 aromatic carbocycles. The maximum absolute atomic E-state index is 12.5. The molecule has 0 atom stereocenters. The fourth-order valence-corrected chi connectivity index (χ4v) is 1.13. The Morgan fingerprint density at radius 3 is 2.57 bits per heavy atom. The number of hydrogen-bond donors (Lipinski definition) is 1. The van der Waals surface area contributed by atoms with Crippen LogP contribution >= 0.6 is 11.6 Å². The number of carbonyl (C=O) groups is 1. The lowest BCUT2D eigenvalue weighted by Gasteiger charge is -2.02. The summed E-state index contributed by atoms with van der Waals surface area (Å²) in [6, 6.07) is 5.86. The SMILES string of the molecule is O=C(Cc1ccc(F)cc1)NCCCl. The Morgan fingerprint density at radius 1 is 1.36 bits per heavy atom. The number of rotatable bonds is 4. The van der Waals surface area contributed by atoms with Crippen molar-refractivity contribution in [3.05, 3.63) is 35.6 Å². The van der Waals surface area contributed by atoms with Crippen LogP contribution in [0.2, 0.25) is 0 Å². The molecule has 0 aliphatic carbocycles. The molecule has 2 nitrogen and oxygen atoms in total. The molecule has 76 valence electrons. The van der Waals surface area contributed by atoms with Gasteiger partial charge in [0.05, 0.1) is 6.42 Å². The highest BCUT2D eigenvalue weighted by atomic mass is 35.5. The lowest BCUT2D eigenvalue weighted by atomic mass is 10.1. The van der Waals surface area contributed by atoms with E-state index in [2.05, 4.69) is 5.32 Å². The molecule has 0 saturated heterocycles. The van der Waals surface area contributed by atoms with Gasteiger partial charge >= 0.3 is 0 Å². The van der Waals surface area contributed by atoms with Gasteiger partial charge in [-0.1, -0.05) is 12.1 Å². The molecule has 0 spiro atoms. The lowest BCUT2D eigenvalue weighted by Crippen LogP contribution is -2.26. The third-order valence-electron chi connectivity index (χ3n) is 1.69. The first-order chi connectivity index (χ1) is 6.72. The Labute approximate surface area is 87.1 Å². The van der Waals surface area contributed by atoms with Gasteiger partial charge in [0.2, 0.25) is 5.91 Å². The normalized spacial score (nSPS) is 9.86. The van der Waals surface area contributed by atoms with Crippen molar-refractivity contribution in [3.63, 3.8) is 0 Å². The van der Waals surface area contributed by atoms with Gasteiger partial charge in [-0.15, -0.1) is 11.6 Å². The second-order valence-electron chi connectivity index (χ2n) is 2.84. The predicted octanol–water partition coefficient (Wildman–Crippen LogP) is 1.72. The van der Waals surface area contributed by atoms with Gasteiger partial charge < -0.3 is 5.32 Å². The van der Waals surface area contributed by atoms with Gasteiger partial charge in [0.25, 0.3) is 0 Å². The van der Waals surface area contributed by atoms with E-state index in [0.29, 0.717) is 12.4 Å². The quantitative estimate of drug-likeness (QED) is 0.762. The van der Waals surface area contributed by atoms with Crippen LogP contribution in [0.15, 0.2) is 24.3 Å². The van der Waals surface area contributed by atoms with Crippen molar-refractivity contribution < 1.29 is 9.18 Å². The van der Waals surface area contributed by atoms with E-state index in [1.807, 2.05) is 0 Å². The minimum Gasteiger partial charge on any atom is -0.355 e. The molecule has 1 aromatic rings. The van der Waals surface area contributed by atoms with E-state index in [1.165, 1.54) is 12.1 Å². The van der Waals surface area contributed by atoms with Crippen LogP contribution in [-0.2, 0) is 11.2 Å². The molecule has 14 heavy (non-hydrogen) atoms. The molecule has 0 aliphatic rings. The van der Waals surface area contributed by atoms with E-state index in [4.69, 9.17) is 11.6 Å². The zero-order valence-electron chi connectivity index (χ0n) is 7.59. The van der Waals surface area contributed by atoms with E-state index in [1.54, 1.807) is 12.1 Å². The summed E-state index contributed by atoms with van der Waals surface area (Å²) in [6.45, 7) is 0.460. The van der Waals surface area contributed by atoms with E-state index in [9.17, 15) is 9.18 Å².